The molecule has 1 aromatic heterocycles. The van der Waals surface area contributed by atoms with E-state index in [9.17, 15) is 14.9 Å². The number of hydrogen-bond acceptors (Lipinski definition) is 7. The predicted octanol–water partition coefficient (Wildman–Crippen LogP) is 8.46. The van der Waals surface area contributed by atoms with E-state index in [1.807, 2.05) is 103 Å². The van der Waals surface area contributed by atoms with E-state index in [4.69, 9.17) is 18.9 Å². The minimum Gasteiger partial charge on any atom is -0.497 e. The Labute approximate surface area is 300 Å². The van der Waals surface area contributed by atoms with Gasteiger partial charge in [-0.25, -0.2) is 9.89 Å². The lowest BCUT2D eigenvalue weighted by atomic mass is 9.47. The first-order valence-electron chi connectivity index (χ1n) is 17.0. The van der Waals surface area contributed by atoms with Gasteiger partial charge in [-0.15, -0.1) is 0 Å². The van der Waals surface area contributed by atoms with Crippen LogP contribution in [0.4, 0.5) is 11.6 Å². The molecule has 4 aliphatic rings. The first kappa shape index (κ1) is 31.3. The second-order valence-corrected chi connectivity index (χ2v) is 13.2. The number of benzene rings is 5. The van der Waals surface area contributed by atoms with Gasteiger partial charge in [0.1, 0.15) is 28.9 Å². The molecule has 8 nitrogen and oxygen atoms in total. The number of carbonyl (C=O) groups excluding carboxylic acids is 2. The summed E-state index contributed by atoms with van der Waals surface area (Å²) in [6, 6.07) is 42.3. The van der Waals surface area contributed by atoms with Gasteiger partial charge in [-0.2, -0.15) is 5.26 Å². The van der Waals surface area contributed by atoms with Crippen molar-refractivity contribution in [3.8, 4) is 40.0 Å². The standard InChI is InChI=1S/C44H31N3O5/c1-50-29-20-16-26(17-21-29)36-33(24-45)41(52-40(36)27-18-22-30(51-2)23-19-27)46-25-44-34-14-8-6-12-31(34)37(32-13-7-9-15-35(32)44)38-39(44)43(49)47(42(38)48)28-10-4-3-5-11-28/h3-23,25,37-39H,1-2H3/t37?,38-,39-,44?/m1/s1. The van der Waals surface area contributed by atoms with E-state index in [1.165, 1.54) is 4.90 Å². The topological polar surface area (TPSA) is 105 Å². The van der Waals surface area contributed by atoms with E-state index in [0.29, 0.717) is 28.5 Å². The summed E-state index contributed by atoms with van der Waals surface area (Å²) >= 11 is 0. The molecule has 1 fully saturated rings. The number of methoxy groups -OCH3 is 2. The van der Waals surface area contributed by atoms with Gasteiger partial charge in [0.05, 0.1) is 37.2 Å². The number of furan rings is 1. The van der Waals surface area contributed by atoms with Crippen LogP contribution >= 0.6 is 0 Å². The minimum atomic E-state index is -1.14. The van der Waals surface area contributed by atoms with Crippen LogP contribution in [-0.2, 0) is 15.0 Å². The summed E-state index contributed by atoms with van der Waals surface area (Å²) in [6.45, 7) is 0. The van der Waals surface area contributed by atoms with Crippen LogP contribution < -0.4 is 14.4 Å². The van der Waals surface area contributed by atoms with Gasteiger partial charge in [0.15, 0.2) is 0 Å². The smallest absolute Gasteiger partial charge is 0.239 e. The largest absolute Gasteiger partial charge is 0.497 e. The SMILES string of the molecule is COc1ccc(-c2oc(N=CC34c5ccccc5C(c5ccccc53)[C@H]3C(=O)N(c5ccccc5)C(=O)[C@@H]34)c(C#N)c2-c2ccc(OC)cc2)cc1. The molecule has 0 unspecified atom stereocenters. The summed E-state index contributed by atoms with van der Waals surface area (Å²) in [5.41, 5.74) is 5.50. The molecule has 252 valence electrons. The number of hydrogen-bond donors (Lipinski definition) is 0. The fraction of sp³-hybridized carbons (Fsp3) is 0.136. The quantitative estimate of drug-likeness (QED) is 0.124. The molecule has 2 bridgehead atoms. The van der Waals surface area contributed by atoms with E-state index in [0.717, 1.165) is 33.4 Å². The number of carbonyl (C=O) groups is 2. The van der Waals surface area contributed by atoms with Crippen molar-refractivity contribution in [2.45, 2.75) is 11.3 Å². The van der Waals surface area contributed by atoms with E-state index in [-0.39, 0.29) is 29.2 Å². The molecule has 5 aromatic carbocycles. The Bertz CT molecular complexity index is 2410. The van der Waals surface area contributed by atoms with Crippen LogP contribution in [-0.4, -0.2) is 32.2 Å². The number of rotatable bonds is 7. The average Bonchev–Trinajstić information content (AvgIpc) is 3.71. The third kappa shape index (κ3) is 4.36. The van der Waals surface area contributed by atoms with Crippen molar-refractivity contribution in [3.05, 3.63) is 155 Å². The highest BCUT2D eigenvalue weighted by molar-refractivity contribution is 6.25. The first-order chi connectivity index (χ1) is 25.5. The maximum absolute atomic E-state index is 14.8. The molecule has 52 heavy (non-hydrogen) atoms. The van der Waals surface area contributed by atoms with Crippen LogP contribution in [0.3, 0.4) is 0 Å². The van der Waals surface area contributed by atoms with Crippen LogP contribution in [0.2, 0.25) is 0 Å². The van der Waals surface area contributed by atoms with Crippen molar-refractivity contribution in [3.63, 3.8) is 0 Å². The zero-order chi connectivity index (χ0) is 35.6. The highest BCUT2D eigenvalue weighted by Gasteiger charge is 2.68. The molecule has 0 radical (unpaired) electrons. The molecule has 0 spiro atoms. The molecule has 3 aliphatic carbocycles. The maximum atomic E-state index is 14.8. The second-order valence-electron chi connectivity index (χ2n) is 13.2. The second kappa shape index (κ2) is 12.0. The van der Waals surface area contributed by atoms with E-state index < -0.39 is 17.3 Å². The molecule has 2 heterocycles. The molecule has 0 N–H and O–H groups in total. The van der Waals surface area contributed by atoms with Crippen LogP contribution in [0.5, 0.6) is 11.5 Å². The third-order valence-corrected chi connectivity index (χ3v) is 10.8. The van der Waals surface area contributed by atoms with Crippen molar-refractivity contribution >= 4 is 29.6 Å². The number of ether oxygens (including phenoxy) is 2. The van der Waals surface area contributed by atoms with Gasteiger partial charge in [0.25, 0.3) is 0 Å². The number of anilines is 1. The summed E-state index contributed by atoms with van der Waals surface area (Å²) in [6.07, 6.45) is 1.76. The number of imide groups is 1. The van der Waals surface area contributed by atoms with Gasteiger partial charge < -0.3 is 13.9 Å². The predicted molar refractivity (Wildman–Crippen MR) is 197 cm³/mol. The Kier molecular flexibility index (Phi) is 7.19. The fourth-order valence-electron chi connectivity index (χ4n) is 8.63. The van der Waals surface area contributed by atoms with Gasteiger partial charge in [-0.05, 0) is 76.3 Å². The monoisotopic (exact) mass is 681 g/mol. The lowest BCUT2D eigenvalue weighted by Crippen LogP contribution is -2.54. The average molecular weight is 682 g/mol. The van der Waals surface area contributed by atoms with Crippen molar-refractivity contribution in [1.82, 2.24) is 0 Å². The summed E-state index contributed by atoms with van der Waals surface area (Å²) in [5.74, 6) is -0.325. The van der Waals surface area contributed by atoms with Gasteiger partial charge in [-0.1, -0.05) is 78.9 Å². The molecule has 2 amide bonds. The zero-order valence-electron chi connectivity index (χ0n) is 28.3. The first-order valence-corrected chi connectivity index (χ1v) is 17.0. The molecular weight excluding hydrogens is 650 g/mol. The summed E-state index contributed by atoms with van der Waals surface area (Å²) < 4.78 is 17.4. The fourth-order valence-corrected chi connectivity index (χ4v) is 8.63. The minimum absolute atomic E-state index is 0.101. The Morgan fingerprint density at radius 2 is 1.29 bits per heavy atom. The van der Waals surface area contributed by atoms with Crippen molar-refractivity contribution < 1.29 is 23.5 Å². The van der Waals surface area contributed by atoms with E-state index in [2.05, 4.69) is 18.2 Å². The lowest BCUT2D eigenvalue weighted by Gasteiger charge is -2.52. The molecule has 1 saturated heterocycles. The van der Waals surface area contributed by atoms with Crippen molar-refractivity contribution in [1.29, 1.82) is 5.26 Å². The molecule has 6 aromatic rings. The van der Waals surface area contributed by atoms with Crippen LogP contribution in [0.15, 0.2) is 137 Å². The van der Waals surface area contributed by atoms with Gasteiger partial charge in [0, 0.05) is 23.3 Å². The van der Waals surface area contributed by atoms with Crippen LogP contribution in [0.1, 0.15) is 33.7 Å². The highest BCUT2D eigenvalue weighted by atomic mass is 16.5. The summed E-state index contributed by atoms with van der Waals surface area (Å²) in [7, 11) is 3.20. The molecule has 0 saturated carbocycles. The molecular formula is C44H31N3O5. The number of amides is 2. The molecule has 10 rings (SSSR count). The van der Waals surface area contributed by atoms with E-state index >= 15 is 0 Å². The number of aliphatic imine (C=N–C) groups is 1. The number of nitrogens with zero attached hydrogens (tertiary/aromatic N) is 3. The highest BCUT2D eigenvalue weighted by Crippen LogP contribution is 2.64. The summed E-state index contributed by atoms with van der Waals surface area (Å²) in [5, 5.41) is 10.7. The van der Waals surface area contributed by atoms with Crippen LogP contribution in [0, 0.1) is 23.2 Å². The maximum Gasteiger partial charge on any atom is 0.239 e. The van der Waals surface area contributed by atoms with Gasteiger partial charge in [-0.3, -0.25) is 9.59 Å². The van der Waals surface area contributed by atoms with Gasteiger partial charge >= 0.3 is 0 Å². The van der Waals surface area contributed by atoms with Crippen molar-refractivity contribution in [2.75, 3.05) is 19.1 Å². The Hall–Kier alpha value is -6.72. The Morgan fingerprint density at radius 3 is 1.87 bits per heavy atom. The molecule has 8 heteroatoms. The lowest BCUT2D eigenvalue weighted by molar-refractivity contribution is -0.122. The normalized spacial score (nSPS) is 21.1. The Balaban J connectivity index is 1.28. The number of nitriles is 1. The third-order valence-electron chi connectivity index (χ3n) is 10.8. The Morgan fingerprint density at radius 1 is 0.731 bits per heavy atom. The molecule has 1 aliphatic heterocycles. The van der Waals surface area contributed by atoms with Gasteiger partial charge in [0.2, 0.25) is 17.7 Å². The summed E-state index contributed by atoms with van der Waals surface area (Å²) in [4.78, 5) is 35.7. The zero-order valence-corrected chi connectivity index (χ0v) is 28.3. The van der Waals surface area contributed by atoms with Crippen molar-refractivity contribution in [2.24, 2.45) is 16.8 Å². The number of para-hydroxylation sites is 1. The molecule has 2 atom stereocenters. The van der Waals surface area contributed by atoms with E-state index in [1.54, 1.807) is 32.6 Å². The van der Waals surface area contributed by atoms with Crippen LogP contribution in [0.25, 0.3) is 22.5 Å².